The molecule has 20 heavy (non-hydrogen) atoms. The summed E-state index contributed by atoms with van der Waals surface area (Å²) < 4.78 is 10.6. The summed E-state index contributed by atoms with van der Waals surface area (Å²) in [6, 6.07) is 0. The molecule has 2 rings (SSSR count). The number of carbonyl (C=O) groups excluding carboxylic acids is 3. The average Bonchev–Trinajstić information content (AvgIpc) is 2.47. The monoisotopic (exact) mass is 280 g/mol. The summed E-state index contributed by atoms with van der Waals surface area (Å²) in [5.41, 5.74) is -1.00. The van der Waals surface area contributed by atoms with E-state index in [2.05, 4.69) is 0 Å². The summed E-state index contributed by atoms with van der Waals surface area (Å²) >= 11 is 0. The highest BCUT2D eigenvalue weighted by atomic mass is 16.6. The van der Waals surface area contributed by atoms with Crippen LogP contribution in [0.1, 0.15) is 41.0 Å². The zero-order valence-corrected chi connectivity index (χ0v) is 12.5. The number of hydrogen-bond donors (Lipinski definition) is 0. The van der Waals surface area contributed by atoms with Gasteiger partial charge in [-0.2, -0.15) is 0 Å². The Morgan fingerprint density at radius 1 is 1.40 bits per heavy atom. The van der Waals surface area contributed by atoms with Crippen molar-refractivity contribution in [3.8, 4) is 0 Å². The van der Waals surface area contributed by atoms with Crippen LogP contribution in [0.5, 0.6) is 0 Å². The Kier molecular flexibility index (Phi) is 3.27. The van der Waals surface area contributed by atoms with Gasteiger partial charge in [-0.1, -0.05) is 0 Å². The van der Waals surface area contributed by atoms with Gasteiger partial charge in [0.25, 0.3) is 0 Å². The van der Waals surface area contributed by atoms with Crippen LogP contribution in [-0.4, -0.2) is 28.9 Å². The highest BCUT2D eigenvalue weighted by Gasteiger charge is 2.58. The van der Waals surface area contributed by atoms with Crippen LogP contribution in [0, 0.1) is 11.8 Å². The Morgan fingerprint density at radius 2 is 2.00 bits per heavy atom. The standard InChI is InChI=1S/C15H20O5/c1-8-7-15(5)9(6-10(8)16)11(13(18)20-15)12(17)19-14(2,3)4/h7,9,11H,6H2,1-5H3/t9-,11+,15-/m1/s1. The van der Waals surface area contributed by atoms with Gasteiger partial charge in [-0.3, -0.25) is 14.4 Å². The van der Waals surface area contributed by atoms with E-state index < -0.39 is 35.0 Å². The summed E-state index contributed by atoms with van der Waals surface area (Å²) in [5.74, 6) is -2.78. The lowest BCUT2D eigenvalue weighted by Crippen LogP contribution is -2.41. The van der Waals surface area contributed by atoms with E-state index in [4.69, 9.17) is 9.47 Å². The maximum atomic E-state index is 12.2. The molecular weight excluding hydrogens is 260 g/mol. The van der Waals surface area contributed by atoms with Gasteiger partial charge in [-0.25, -0.2) is 0 Å². The molecule has 0 bridgehead atoms. The summed E-state index contributed by atoms with van der Waals surface area (Å²) in [6.45, 7) is 8.63. The van der Waals surface area contributed by atoms with E-state index in [-0.39, 0.29) is 12.2 Å². The summed E-state index contributed by atoms with van der Waals surface area (Å²) in [4.78, 5) is 36.1. The molecule has 0 aromatic carbocycles. The number of ether oxygens (including phenoxy) is 2. The van der Waals surface area contributed by atoms with E-state index in [1.807, 2.05) is 0 Å². The average molecular weight is 280 g/mol. The largest absolute Gasteiger partial charge is 0.459 e. The van der Waals surface area contributed by atoms with Crippen molar-refractivity contribution in [3.63, 3.8) is 0 Å². The highest BCUT2D eigenvalue weighted by molar-refractivity contribution is 6.02. The molecule has 0 N–H and O–H groups in total. The van der Waals surface area contributed by atoms with Gasteiger partial charge in [0.1, 0.15) is 11.2 Å². The zero-order chi connectivity index (χ0) is 15.3. The van der Waals surface area contributed by atoms with Crippen LogP contribution in [0.25, 0.3) is 0 Å². The fraction of sp³-hybridized carbons (Fsp3) is 0.667. The van der Waals surface area contributed by atoms with E-state index in [1.165, 1.54) is 0 Å². The topological polar surface area (TPSA) is 69.7 Å². The molecule has 0 radical (unpaired) electrons. The van der Waals surface area contributed by atoms with Crippen molar-refractivity contribution >= 4 is 17.7 Å². The second kappa shape index (κ2) is 4.43. The normalized spacial score (nSPS) is 33.4. The first-order chi connectivity index (χ1) is 9.03. The van der Waals surface area contributed by atoms with E-state index in [1.54, 1.807) is 40.7 Å². The van der Waals surface area contributed by atoms with Crippen molar-refractivity contribution in [3.05, 3.63) is 11.6 Å². The first kappa shape index (κ1) is 14.8. The van der Waals surface area contributed by atoms with Crippen LogP contribution >= 0.6 is 0 Å². The molecule has 0 aromatic rings. The minimum absolute atomic E-state index is 0.0562. The van der Waals surface area contributed by atoms with Gasteiger partial charge >= 0.3 is 11.9 Å². The molecule has 1 saturated heterocycles. The first-order valence-electron chi connectivity index (χ1n) is 6.72. The molecule has 0 unspecified atom stereocenters. The molecule has 1 fully saturated rings. The third-order valence-electron chi connectivity index (χ3n) is 3.72. The van der Waals surface area contributed by atoms with Gasteiger partial charge in [-0.15, -0.1) is 0 Å². The van der Waals surface area contributed by atoms with Crippen LogP contribution in [0.15, 0.2) is 11.6 Å². The van der Waals surface area contributed by atoms with Crippen LogP contribution < -0.4 is 0 Å². The fourth-order valence-electron chi connectivity index (χ4n) is 2.80. The van der Waals surface area contributed by atoms with Crippen molar-refractivity contribution < 1.29 is 23.9 Å². The van der Waals surface area contributed by atoms with Crippen molar-refractivity contribution in [2.24, 2.45) is 11.8 Å². The summed E-state index contributed by atoms with van der Waals surface area (Å²) in [6.07, 6.45) is 1.78. The lowest BCUT2D eigenvalue weighted by molar-refractivity contribution is -0.165. The first-order valence-corrected chi connectivity index (χ1v) is 6.72. The number of ketones is 1. The van der Waals surface area contributed by atoms with Crippen LogP contribution in [0.2, 0.25) is 0 Å². The molecule has 0 saturated carbocycles. The van der Waals surface area contributed by atoms with E-state index in [0.29, 0.717) is 5.57 Å². The molecule has 1 heterocycles. The Labute approximate surface area is 118 Å². The minimum atomic E-state index is -1.02. The number of fused-ring (bicyclic) bond motifs is 1. The number of esters is 2. The van der Waals surface area contributed by atoms with Gasteiger partial charge in [0, 0.05) is 12.3 Å². The second-order valence-electron chi connectivity index (χ2n) is 6.68. The van der Waals surface area contributed by atoms with E-state index in [0.717, 1.165) is 0 Å². The third kappa shape index (κ3) is 2.49. The predicted octanol–water partition coefficient (Wildman–Crippen LogP) is 1.80. The quantitative estimate of drug-likeness (QED) is 0.541. The smallest absolute Gasteiger partial charge is 0.321 e. The zero-order valence-electron chi connectivity index (χ0n) is 12.5. The van der Waals surface area contributed by atoms with E-state index >= 15 is 0 Å². The van der Waals surface area contributed by atoms with Crippen molar-refractivity contribution in [1.82, 2.24) is 0 Å². The van der Waals surface area contributed by atoms with Gasteiger partial charge in [-0.05, 0) is 46.3 Å². The molecule has 3 atom stereocenters. The van der Waals surface area contributed by atoms with Crippen LogP contribution in [-0.2, 0) is 23.9 Å². The molecule has 5 heteroatoms. The van der Waals surface area contributed by atoms with Gasteiger partial charge < -0.3 is 9.47 Å². The van der Waals surface area contributed by atoms with E-state index in [9.17, 15) is 14.4 Å². The van der Waals surface area contributed by atoms with Crippen molar-refractivity contribution in [2.45, 2.75) is 52.2 Å². The third-order valence-corrected chi connectivity index (χ3v) is 3.72. The minimum Gasteiger partial charge on any atom is -0.459 e. The Balaban J connectivity index is 2.31. The Bertz CT molecular complexity index is 511. The SMILES string of the molecule is CC1=C[C@@]2(C)OC(=O)[C@H](C(=O)OC(C)(C)C)[C@H]2CC1=O. The van der Waals surface area contributed by atoms with Crippen LogP contribution in [0.3, 0.4) is 0 Å². The lowest BCUT2D eigenvalue weighted by atomic mass is 9.73. The predicted molar refractivity (Wildman–Crippen MR) is 70.7 cm³/mol. The molecule has 0 spiro atoms. The number of rotatable bonds is 1. The summed E-state index contributed by atoms with van der Waals surface area (Å²) in [7, 11) is 0. The molecule has 5 nitrogen and oxygen atoms in total. The second-order valence-corrected chi connectivity index (χ2v) is 6.68. The lowest BCUT2D eigenvalue weighted by Gasteiger charge is -2.32. The number of Topliss-reactive ketones (excluding diaryl/α,β-unsaturated/α-hetero) is 1. The Morgan fingerprint density at radius 3 is 2.55 bits per heavy atom. The van der Waals surface area contributed by atoms with Crippen molar-refractivity contribution in [2.75, 3.05) is 0 Å². The Hall–Kier alpha value is -1.65. The molecule has 110 valence electrons. The van der Waals surface area contributed by atoms with Crippen LogP contribution in [0.4, 0.5) is 0 Å². The number of hydrogen-bond acceptors (Lipinski definition) is 5. The molecule has 2 aliphatic rings. The maximum Gasteiger partial charge on any atom is 0.321 e. The number of carbonyl (C=O) groups is 3. The maximum absolute atomic E-state index is 12.2. The van der Waals surface area contributed by atoms with Crippen molar-refractivity contribution in [1.29, 1.82) is 0 Å². The molecule has 1 aliphatic carbocycles. The fourth-order valence-corrected chi connectivity index (χ4v) is 2.80. The summed E-state index contributed by atoms with van der Waals surface area (Å²) in [5, 5.41) is 0. The van der Waals surface area contributed by atoms with Gasteiger partial charge in [0.2, 0.25) is 0 Å². The van der Waals surface area contributed by atoms with Gasteiger partial charge in [0.05, 0.1) is 0 Å². The highest BCUT2D eigenvalue weighted by Crippen LogP contribution is 2.45. The van der Waals surface area contributed by atoms with Gasteiger partial charge in [0.15, 0.2) is 11.7 Å². The molecule has 0 aromatic heterocycles. The number of allylic oxidation sites excluding steroid dienone is 1. The molecule has 0 amide bonds. The molecule has 1 aliphatic heterocycles. The molecular formula is C15H20O5.